The van der Waals surface area contributed by atoms with Gasteiger partial charge in [-0.15, -0.1) is 0 Å². The van der Waals surface area contributed by atoms with Crippen molar-refractivity contribution in [3.63, 3.8) is 0 Å². The highest BCUT2D eigenvalue weighted by atomic mass is 19.1. The minimum absolute atomic E-state index is 0.00494. The summed E-state index contributed by atoms with van der Waals surface area (Å²) in [5, 5.41) is 2.66. The van der Waals surface area contributed by atoms with E-state index in [1.54, 1.807) is 0 Å². The Balaban J connectivity index is 2.39. The topological polar surface area (TPSA) is 93.3 Å². The lowest BCUT2D eigenvalue weighted by Crippen LogP contribution is -2.23. The summed E-state index contributed by atoms with van der Waals surface area (Å²) < 4.78 is 27.9. The highest BCUT2D eigenvalue weighted by molar-refractivity contribution is 5.99. The van der Waals surface area contributed by atoms with Gasteiger partial charge in [-0.3, -0.25) is 14.7 Å². The number of carbonyl (C=O) groups is 1. The van der Waals surface area contributed by atoms with Crippen molar-refractivity contribution in [3.8, 4) is 11.3 Å². The molecule has 2 aromatic heterocycles. The van der Waals surface area contributed by atoms with E-state index in [4.69, 9.17) is 5.73 Å². The van der Waals surface area contributed by atoms with Gasteiger partial charge in [0.1, 0.15) is 23.5 Å². The molecule has 8 heteroatoms. The van der Waals surface area contributed by atoms with E-state index in [0.29, 0.717) is 6.07 Å². The summed E-state index contributed by atoms with van der Waals surface area (Å²) in [5.74, 6) is -2.50. The SMILES string of the molecule is NC(=O)c1c(=O)cc(-c2cc(F)cc(F)c2)n2[nH]cnc12. The Morgan fingerprint density at radius 2 is 1.86 bits per heavy atom. The number of aromatic nitrogens is 3. The average Bonchev–Trinajstić information content (AvgIpc) is 2.84. The van der Waals surface area contributed by atoms with Crippen molar-refractivity contribution >= 4 is 11.6 Å². The number of fused-ring (bicyclic) bond motifs is 1. The van der Waals surface area contributed by atoms with E-state index in [2.05, 4.69) is 10.1 Å². The predicted octanol–water partition coefficient (Wildman–Crippen LogP) is 1.07. The molecule has 0 aliphatic carbocycles. The molecule has 6 nitrogen and oxygen atoms in total. The normalized spacial score (nSPS) is 11.0. The molecule has 0 saturated carbocycles. The Morgan fingerprint density at radius 1 is 1.19 bits per heavy atom. The Hall–Kier alpha value is -3.03. The van der Waals surface area contributed by atoms with Crippen LogP contribution < -0.4 is 11.2 Å². The first kappa shape index (κ1) is 13.0. The highest BCUT2D eigenvalue weighted by Gasteiger charge is 2.18. The van der Waals surface area contributed by atoms with E-state index in [-0.39, 0.29) is 22.5 Å². The van der Waals surface area contributed by atoms with Crippen LogP contribution in [0.1, 0.15) is 10.4 Å². The number of nitrogens with two attached hydrogens (primary N) is 1. The molecule has 0 aliphatic rings. The van der Waals surface area contributed by atoms with Crippen molar-refractivity contribution in [1.29, 1.82) is 0 Å². The van der Waals surface area contributed by atoms with Gasteiger partial charge in [0, 0.05) is 17.7 Å². The predicted molar refractivity (Wildman–Crippen MR) is 69.7 cm³/mol. The molecular weight excluding hydrogens is 282 g/mol. The van der Waals surface area contributed by atoms with Crippen LogP contribution in [0.15, 0.2) is 35.4 Å². The number of nitrogens with zero attached hydrogens (tertiary/aromatic N) is 2. The quantitative estimate of drug-likeness (QED) is 0.739. The van der Waals surface area contributed by atoms with E-state index in [1.807, 2.05) is 0 Å². The first-order chi connectivity index (χ1) is 9.97. The van der Waals surface area contributed by atoms with Crippen LogP contribution in [0.25, 0.3) is 16.9 Å². The fourth-order valence-electron chi connectivity index (χ4n) is 2.14. The maximum atomic E-state index is 13.3. The van der Waals surface area contributed by atoms with Crippen LogP contribution in [-0.2, 0) is 0 Å². The number of amides is 1. The smallest absolute Gasteiger partial charge is 0.256 e. The molecule has 0 bridgehead atoms. The summed E-state index contributed by atoms with van der Waals surface area (Å²) in [4.78, 5) is 27.2. The van der Waals surface area contributed by atoms with E-state index < -0.39 is 23.0 Å². The van der Waals surface area contributed by atoms with Gasteiger partial charge in [-0.1, -0.05) is 0 Å². The molecule has 0 spiro atoms. The molecule has 106 valence electrons. The molecular formula is C13H8F2N4O2. The van der Waals surface area contributed by atoms with E-state index in [9.17, 15) is 18.4 Å². The number of primary amides is 1. The third-order valence-electron chi connectivity index (χ3n) is 2.97. The number of halogens is 2. The number of aromatic amines is 1. The van der Waals surface area contributed by atoms with Crippen molar-refractivity contribution in [2.24, 2.45) is 5.73 Å². The Labute approximate surface area is 115 Å². The molecule has 0 aliphatic heterocycles. The van der Waals surface area contributed by atoms with E-state index in [1.165, 1.54) is 10.8 Å². The molecule has 0 saturated heterocycles. The lowest BCUT2D eigenvalue weighted by Gasteiger charge is -2.07. The Kier molecular flexibility index (Phi) is 2.79. The standard InChI is InChI=1S/C13H8F2N4O2/c14-7-1-6(2-8(15)3-7)9-4-10(20)11(12(16)21)13-17-5-18-19(9)13/h1-5H,(H2,16,21)(H,17,18). The van der Waals surface area contributed by atoms with Gasteiger partial charge in [0.25, 0.3) is 5.91 Å². The summed E-state index contributed by atoms with van der Waals surface area (Å²) in [6.07, 6.45) is 1.24. The third kappa shape index (κ3) is 2.06. The van der Waals surface area contributed by atoms with E-state index in [0.717, 1.165) is 18.2 Å². The second kappa shape index (κ2) is 4.51. The van der Waals surface area contributed by atoms with Crippen LogP contribution >= 0.6 is 0 Å². The second-order valence-corrected chi connectivity index (χ2v) is 4.34. The zero-order chi connectivity index (χ0) is 15.1. The van der Waals surface area contributed by atoms with E-state index >= 15 is 0 Å². The first-order valence-electron chi connectivity index (χ1n) is 5.83. The molecule has 1 aromatic carbocycles. The molecule has 0 radical (unpaired) electrons. The molecule has 1 amide bonds. The summed E-state index contributed by atoms with van der Waals surface area (Å²) in [6.45, 7) is 0. The molecule has 0 atom stereocenters. The van der Waals surface area contributed by atoms with Crippen molar-refractivity contribution in [1.82, 2.24) is 14.6 Å². The molecule has 21 heavy (non-hydrogen) atoms. The monoisotopic (exact) mass is 290 g/mol. The zero-order valence-electron chi connectivity index (χ0n) is 10.4. The Morgan fingerprint density at radius 3 is 2.48 bits per heavy atom. The number of hydrogen-bond donors (Lipinski definition) is 2. The molecule has 0 unspecified atom stereocenters. The number of pyridine rings is 1. The third-order valence-corrected chi connectivity index (χ3v) is 2.97. The average molecular weight is 290 g/mol. The number of rotatable bonds is 2. The molecule has 3 aromatic rings. The first-order valence-corrected chi connectivity index (χ1v) is 5.83. The second-order valence-electron chi connectivity index (χ2n) is 4.34. The van der Waals surface area contributed by atoms with Crippen LogP contribution in [0.2, 0.25) is 0 Å². The number of H-pyrrole nitrogens is 1. The summed E-state index contributed by atoms with van der Waals surface area (Å²) in [7, 11) is 0. The number of hydrogen-bond acceptors (Lipinski definition) is 3. The van der Waals surface area contributed by atoms with Crippen LogP contribution in [0.4, 0.5) is 8.78 Å². The lowest BCUT2D eigenvalue weighted by molar-refractivity contribution is 0.100. The van der Waals surface area contributed by atoms with Gasteiger partial charge in [0.05, 0.1) is 5.69 Å². The number of benzene rings is 1. The van der Waals surface area contributed by atoms with Crippen molar-refractivity contribution < 1.29 is 13.6 Å². The molecule has 3 N–H and O–H groups in total. The van der Waals surface area contributed by atoms with Crippen LogP contribution in [-0.4, -0.2) is 20.5 Å². The highest BCUT2D eigenvalue weighted by Crippen LogP contribution is 2.21. The minimum atomic E-state index is -0.929. The van der Waals surface area contributed by atoms with Crippen LogP contribution in [0.5, 0.6) is 0 Å². The fraction of sp³-hybridized carbons (Fsp3) is 0. The van der Waals surface area contributed by atoms with Gasteiger partial charge in [0.15, 0.2) is 11.1 Å². The maximum absolute atomic E-state index is 13.3. The summed E-state index contributed by atoms with van der Waals surface area (Å²) >= 11 is 0. The van der Waals surface area contributed by atoms with Crippen LogP contribution in [0, 0.1) is 11.6 Å². The van der Waals surface area contributed by atoms with Gasteiger partial charge in [0.2, 0.25) is 0 Å². The number of nitrogens with one attached hydrogen (secondary N) is 1. The van der Waals surface area contributed by atoms with Gasteiger partial charge in [-0.05, 0) is 12.1 Å². The van der Waals surface area contributed by atoms with Crippen molar-refractivity contribution in [2.75, 3.05) is 0 Å². The number of carbonyl (C=O) groups excluding carboxylic acids is 1. The van der Waals surface area contributed by atoms with Crippen LogP contribution in [0.3, 0.4) is 0 Å². The van der Waals surface area contributed by atoms with Crippen molar-refractivity contribution in [3.05, 3.63) is 58.0 Å². The largest absolute Gasteiger partial charge is 0.365 e. The summed E-state index contributed by atoms with van der Waals surface area (Å²) in [5.41, 5.74) is 4.47. The molecule has 3 rings (SSSR count). The molecule has 0 fully saturated rings. The summed E-state index contributed by atoms with van der Waals surface area (Å²) in [6, 6.07) is 3.91. The van der Waals surface area contributed by atoms with Gasteiger partial charge in [-0.2, -0.15) is 0 Å². The van der Waals surface area contributed by atoms with Gasteiger partial charge < -0.3 is 5.73 Å². The minimum Gasteiger partial charge on any atom is -0.365 e. The zero-order valence-corrected chi connectivity index (χ0v) is 10.4. The molecule has 2 heterocycles. The van der Waals surface area contributed by atoms with Gasteiger partial charge in [-0.25, -0.2) is 18.3 Å². The van der Waals surface area contributed by atoms with Gasteiger partial charge >= 0.3 is 0 Å². The lowest BCUT2D eigenvalue weighted by atomic mass is 10.1. The Bertz CT molecular complexity index is 909. The maximum Gasteiger partial charge on any atom is 0.256 e. The van der Waals surface area contributed by atoms with Crippen molar-refractivity contribution in [2.45, 2.75) is 0 Å². The fourth-order valence-corrected chi connectivity index (χ4v) is 2.14.